The number of rotatable bonds is 12. The van der Waals surface area contributed by atoms with Gasteiger partial charge in [-0.1, -0.05) is 25.1 Å². The molecule has 2 aromatic rings. The zero-order valence-electron chi connectivity index (χ0n) is 18.8. The number of ether oxygens (including phenoxy) is 3. The third-order valence-corrected chi connectivity index (χ3v) is 5.00. The van der Waals surface area contributed by atoms with E-state index in [1.54, 1.807) is 31.4 Å². The second-order valence-corrected chi connectivity index (χ2v) is 7.29. The largest absolute Gasteiger partial charge is 0.497 e. The summed E-state index contributed by atoms with van der Waals surface area (Å²) < 4.78 is 16.3. The van der Waals surface area contributed by atoms with Gasteiger partial charge in [0, 0.05) is 31.5 Å². The minimum absolute atomic E-state index is 0.254. The summed E-state index contributed by atoms with van der Waals surface area (Å²) in [5, 5.41) is 3.17. The number of carbonyl (C=O) groups is 2. The number of nitrogens with zero attached hydrogens (tertiary/aromatic N) is 1. The van der Waals surface area contributed by atoms with Crippen LogP contribution in [0.1, 0.15) is 32.3 Å². The van der Waals surface area contributed by atoms with E-state index in [0.717, 1.165) is 6.42 Å². The standard InChI is InChI=1S/C25H30N2O5/c1-4-15-32-21-9-6-8-19(17-21)26-23-22(18-10-12-20(30-3)13-11-18)24(28)27(25(23)29)14-7-16-31-5-2/h6,8-13,17,26H,4-5,7,14-16H2,1-3H3. The fourth-order valence-electron chi connectivity index (χ4n) is 3.42. The van der Waals surface area contributed by atoms with Crippen LogP contribution >= 0.6 is 0 Å². The minimum Gasteiger partial charge on any atom is -0.497 e. The molecular weight excluding hydrogens is 408 g/mol. The zero-order chi connectivity index (χ0) is 22.9. The molecule has 3 rings (SSSR count). The Hall–Kier alpha value is -3.32. The number of amides is 2. The summed E-state index contributed by atoms with van der Waals surface area (Å²) >= 11 is 0. The number of carbonyl (C=O) groups excluding carboxylic acids is 2. The molecule has 0 spiro atoms. The molecule has 0 aromatic heterocycles. The molecule has 0 atom stereocenters. The average molecular weight is 439 g/mol. The summed E-state index contributed by atoms with van der Waals surface area (Å²) in [6.45, 7) is 5.94. The molecule has 7 nitrogen and oxygen atoms in total. The predicted octanol–water partition coefficient (Wildman–Crippen LogP) is 4.10. The van der Waals surface area contributed by atoms with E-state index in [4.69, 9.17) is 14.2 Å². The first-order valence-electron chi connectivity index (χ1n) is 10.9. The summed E-state index contributed by atoms with van der Waals surface area (Å²) in [7, 11) is 1.58. The molecule has 1 aliphatic rings. The van der Waals surface area contributed by atoms with Gasteiger partial charge in [0.1, 0.15) is 17.2 Å². The van der Waals surface area contributed by atoms with Crippen LogP contribution in [0.2, 0.25) is 0 Å². The van der Waals surface area contributed by atoms with Crippen molar-refractivity contribution >= 4 is 23.1 Å². The second-order valence-electron chi connectivity index (χ2n) is 7.29. The molecular formula is C25H30N2O5. The first-order valence-corrected chi connectivity index (χ1v) is 10.9. The third kappa shape index (κ3) is 5.48. The van der Waals surface area contributed by atoms with E-state index in [-0.39, 0.29) is 17.5 Å². The van der Waals surface area contributed by atoms with E-state index >= 15 is 0 Å². The van der Waals surface area contributed by atoms with Crippen LogP contribution in [0.15, 0.2) is 54.2 Å². The molecule has 32 heavy (non-hydrogen) atoms. The van der Waals surface area contributed by atoms with Crippen LogP contribution in [0.4, 0.5) is 5.69 Å². The number of methoxy groups -OCH3 is 1. The number of anilines is 1. The molecule has 0 fully saturated rings. The van der Waals surface area contributed by atoms with Crippen molar-refractivity contribution in [2.24, 2.45) is 0 Å². The van der Waals surface area contributed by atoms with Gasteiger partial charge in [0.2, 0.25) is 0 Å². The first kappa shape index (κ1) is 23.3. The van der Waals surface area contributed by atoms with Crippen LogP contribution in [0.25, 0.3) is 5.57 Å². The lowest BCUT2D eigenvalue weighted by Crippen LogP contribution is -2.34. The van der Waals surface area contributed by atoms with E-state index in [9.17, 15) is 9.59 Å². The Bertz CT molecular complexity index is 969. The number of hydrogen-bond donors (Lipinski definition) is 1. The molecule has 0 unspecified atom stereocenters. The fraction of sp³-hybridized carbons (Fsp3) is 0.360. The van der Waals surface area contributed by atoms with Crippen LogP contribution < -0.4 is 14.8 Å². The highest BCUT2D eigenvalue weighted by molar-refractivity contribution is 6.36. The Morgan fingerprint density at radius 2 is 1.72 bits per heavy atom. The lowest BCUT2D eigenvalue weighted by molar-refractivity contribution is -0.137. The first-order chi connectivity index (χ1) is 15.6. The number of benzene rings is 2. The van der Waals surface area contributed by atoms with E-state index < -0.39 is 0 Å². The van der Waals surface area contributed by atoms with Gasteiger partial charge in [-0.2, -0.15) is 0 Å². The summed E-state index contributed by atoms with van der Waals surface area (Å²) in [6.07, 6.45) is 1.48. The van der Waals surface area contributed by atoms with Crippen LogP contribution in [0, 0.1) is 0 Å². The van der Waals surface area contributed by atoms with Crippen LogP contribution in [0.3, 0.4) is 0 Å². The molecule has 0 saturated heterocycles. The molecule has 7 heteroatoms. The monoisotopic (exact) mass is 438 g/mol. The molecule has 0 saturated carbocycles. The third-order valence-electron chi connectivity index (χ3n) is 5.00. The molecule has 2 aromatic carbocycles. The molecule has 0 aliphatic carbocycles. The highest BCUT2D eigenvalue weighted by atomic mass is 16.5. The lowest BCUT2D eigenvalue weighted by Gasteiger charge is -2.15. The van der Waals surface area contributed by atoms with Crippen molar-refractivity contribution in [1.29, 1.82) is 0 Å². The van der Waals surface area contributed by atoms with Gasteiger partial charge in [-0.25, -0.2) is 0 Å². The maximum atomic E-state index is 13.3. The summed E-state index contributed by atoms with van der Waals surface area (Å²) in [5.41, 5.74) is 1.92. The quantitative estimate of drug-likeness (QED) is 0.397. The maximum Gasteiger partial charge on any atom is 0.278 e. The molecule has 170 valence electrons. The van der Waals surface area contributed by atoms with Crippen molar-refractivity contribution in [2.75, 3.05) is 38.8 Å². The van der Waals surface area contributed by atoms with E-state index in [0.29, 0.717) is 61.1 Å². The highest BCUT2D eigenvalue weighted by Gasteiger charge is 2.38. The smallest absolute Gasteiger partial charge is 0.278 e. The molecule has 1 aliphatic heterocycles. The van der Waals surface area contributed by atoms with E-state index in [2.05, 4.69) is 5.32 Å². The molecule has 0 bridgehead atoms. The number of nitrogens with one attached hydrogen (secondary N) is 1. The van der Waals surface area contributed by atoms with Gasteiger partial charge in [-0.15, -0.1) is 0 Å². The van der Waals surface area contributed by atoms with Crippen molar-refractivity contribution in [1.82, 2.24) is 4.90 Å². The minimum atomic E-state index is -0.350. The Labute approximate surface area is 189 Å². The molecule has 1 heterocycles. The number of hydrogen-bond acceptors (Lipinski definition) is 6. The lowest BCUT2D eigenvalue weighted by atomic mass is 10.0. The van der Waals surface area contributed by atoms with Crippen molar-refractivity contribution in [3.05, 3.63) is 59.8 Å². The normalized spacial score (nSPS) is 13.7. The van der Waals surface area contributed by atoms with Gasteiger partial charge >= 0.3 is 0 Å². The van der Waals surface area contributed by atoms with Gasteiger partial charge in [0.15, 0.2) is 0 Å². The van der Waals surface area contributed by atoms with Crippen molar-refractivity contribution in [3.63, 3.8) is 0 Å². The summed E-state index contributed by atoms with van der Waals surface area (Å²) in [6, 6.07) is 14.5. The van der Waals surface area contributed by atoms with Crippen LogP contribution in [-0.2, 0) is 14.3 Å². The fourth-order valence-corrected chi connectivity index (χ4v) is 3.42. The van der Waals surface area contributed by atoms with Gasteiger partial charge in [0.25, 0.3) is 11.8 Å². The van der Waals surface area contributed by atoms with Crippen LogP contribution in [-0.4, -0.2) is 50.2 Å². The molecule has 0 radical (unpaired) electrons. The zero-order valence-corrected chi connectivity index (χ0v) is 18.8. The van der Waals surface area contributed by atoms with Crippen LogP contribution in [0.5, 0.6) is 11.5 Å². The second kappa shape index (κ2) is 11.3. The van der Waals surface area contributed by atoms with Gasteiger partial charge in [0.05, 0.1) is 19.3 Å². The van der Waals surface area contributed by atoms with Gasteiger partial charge in [-0.3, -0.25) is 14.5 Å². The molecule has 2 amide bonds. The average Bonchev–Trinajstić information content (AvgIpc) is 3.04. The Balaban J connectivity index is 1.91. The molecule has 1 N–H and O–H groups in total. The summed E-state index contributed by atoms with van der Waals surface area (Å²) in [5.74, 6) is 0.707. The SMILES string of the molecule is CCCOc1cccc(NC2=C(c3ccc(OC)cc3)C(=O)N(CCCOCC)C2=O)c1. The van der Waals surface area contributed by atoms with E-state index in [1.807, 2.05) is 38.1 Å². The topological polar surface area (TPSA) is 77.1 Å². The van der Waals surface area contributed by atoms with E-state index in [1.165, 1.54) is 4.90 Å². The number of imide groups is 1. The van der Waals surface area contributed by atoms with Crippen molar-refractivity contribution in [2.45, 2.75) is 26.7 Å². The maximum absolute atomic E-state index is 13.3. The predicted molar refractivity (Wildman–Crippen MR) is 124 cm³/mol. The summed E-state index contributed by atoms with van der Waals surface area (Å²) in [4.78, 5) is 27.8. The Morgan fingerprint density at radius 3 is 2.41 bits per heavy atom. The van der Waals surface area contributed by atoms with Gasteiger partial charge < -0.3 is 19.5 Å². The van der Waals surface area contributed by atoms with Crippen molar-refractivity contribution in [3.8, 4) is 11.5 Å². The Kier molecular flexibility index (Phi) is 8.27. The highest BCUT2D eigenvalue weighted by Crippen LogP contribution is 2.32. The Morgan fingerprint density at radius 1 is 0.938 bits per heavy atom. The van der Waals surface area contributed by atoms with Gasteiger partial charge in [-0.05, 0) is 49.6 Å². The van der Waals surface area contributed by atoms with Crippen molar-refractivity contribution < 1.29 is 23.8 Å².